The maximum atomic E-state index is 12.7. The number of hydrogen-bond donors (Lipinski definition) is 1. The van der Waals surface area contributed by atoms with Crippen molar-refractivity contribution < 1.29 is 9.59 Å². The summed E-state index contributed by atoms with van der Waals surface area (Å²) >= 11 is 7.28. The Morgan fingerprint density at radius 1 is 1.09 bits per heavy atom. The molecular weight excluding hydrogens is 320 g/mol. The van der Waals surface area contributed by atoms with Gasteiger partial charge >= 0.3 is 0 Å². The molecule has 2 aliphatic rings. The maximum Gasteiger partial charge on any atom is 0.266 e. The maximum absolute atomic E-state index is 12.7. The fraction of sp³-hybridized carbons (Fsp3) is 0.125. The molecule has 2 aliphatic heterocycles. The van der Waals surface area contributed by atoms with Gasteiger partial charge in [0.05, 0.1) is 5.75 Å². The smallest absolute Gasteiger partial charge is 0.266 e. The van der Waals surface area contributed by atoms with Crippen molar-refractivity contribution in [1.29, 1.82) is 0 Å². The van der Waals surface area contributed by atoms with Crippen molar-refractivity contribution in [2.24, 2.45) is 0 Å². The predicted octanol–water partition coefficient (Wildman–Crippen LogP) is 3.22. The van der Waals surface area contributed by atoms with Gasteiger partial charge in [-0.15, -0.1) is 11.8 Å². The molecule has 6 heteroatoms. The summed E-state index contributed by atoms with van der Waals surface area (Å²) in [6, 6.07) is 14.5. The van der Waals surface area contributed by atoms with E-state index in [1.54, 1.807) is 29.2 Å². The first-order chi connectivity index (χ1) is 10.6. The summed E-state index contributed by atoms with van der Waals surface area (Å²) in [7, 11) is 0. The van der Waals surface area contributed by atoms with Gasteiger partial charge in [-0.3, -0.25) is 14.5 Å². The monoisotopic (exact) mass is 330 g/mol. The Labute approximate surface area is 136 Å². The van der Waals surface area contributed by atoms with E-state index in [0.717, 1.165) is 11.3 Å². The molecule has 1 spiro atoms. The van der Waals surface area contributed by atoms with Crippen molar-refractivity contribution in [3.05, 3.63) is 59.1 Å². The van der Waals surface area contributed by atoms with Crippen LogP contribution in [0.15, 0.2) is 48.5 Å². The van der Waals surface area contributed by atoms with Crippen LogP contribution in [-0.4, -0.2) is 17.6 Å². The van der Waals surface area contributed by atoms with Crippen LogP contribution in [0.3, 0.4) is 0 Å². The number of anilines is 2. The molecule has 1 N–H and O–H groups in total. The molecule has 2 amide bonds. The second kappa shape index (κ2) is 4.76. The Balaban J connectivity index is 1.92. The van der Waals surface area contributed by atoms with Crippen molar-refractivity contribution in [2.75, 3.05) is 16.0 Å². The molecule has 22 heavy (non-hydrogen) atoms. The van der Waals surface area contributed by atoms with Crippen LogP contribution in [0.2, 0.25) is 5.02 Å². The van der Waals surface area contributed by atoms with Gasteiger partial charge in [0.25, 0.3) is 5.91 Å². The molecular formula is C16H11ClN2O2S. The fourth-order valence-corrected chi connectivity index (χ4v) is 4.41. The van der Waals surface area contributed by atoms with E-state index in [2.05, 4.69) is 5.32 Å². The van der Waals surface area contributed by atoms with Gasteiger partial charge in [0, 0.05) is 22.0 Å². The molecule has 0 radical (unpaired) electrons. The molecule has 2 aromatic rings. The average molecular weight is 331 g/mol. The van der Waals surface area contributed by atoms with Crippen LogP contribution in [0.5, 0.6) is 0 Å². The minimum atomic E-state index is -1.03. The van der Waals surface area contributed by atoms with E-state index in [-0.39, 0.29) is 17.6 Å². The number of fused-ring (bicyclic) bond motifs is 2. The minimum absolute atomic E-state index is 0.0841. The first-order valence-electron chi connectivity index (χ1n) is 6.76. The van der Waals surface area contributed by atoms with Crippen molar-refractivity contribution in [3.63, 3.8) is 0 Å². The summed E-state index contributed by atoms with van der Waals surface area (Å²) in [6.45, 7) is 0. The van der Waals surface area contributed by atoms with Gasteiger partial charge < -0.3 is 5.32 Å². The standard InChI is InChI=1S/C16H11ClN2O2S/c17-10-5-7-11(8-6-10)19-14(20)9-22-16(19)12-3-1-2-4-13(12)18-15(16)21/h1-8H,9H2,(H,18,21)/t16-/m0/s1. The third kappa shape index (κ3) is 1.72. The normalized spacial score (nSPS) is 23.0. The second-order valence-corrected chi connectivity index (χ2v) is 6.74. The lowest BCUT2D eigenvalue weighted by atomic mass is 10.0. The van der Waals surface area contributed by atoms with Gasteiger partial charge in [-0.25, -0.2) is 0 Å². The third-order valence-electron chi connectivity index (χ3n) is 3.90. The lowest BCUT2D eigenvalue weighted by molar-refractivity contribution is -0.122. The highest BCUT2D eigenvalue weighted by Crippen LogP contribution is 2.53. The third-order valence-corrected chi connectivity index (χ3v) is 5.55. The molecule has 0 unspecified atom stereocenters. The van der Waals surface area contributed by atoms with E-state index in [9.17, 15) is 9.59 Å². The number of nitrogens with one attached hydrogen (secondary N) is 1. The van der Waals surface area contributed by atoms with E-state index < -0.39 is 4.87 Å². The van der Waals surface area contributed by atoms with Crippen molar-refractivity contribution in [2.45, 2.75) is 4.87 Å². The van der Waals surface area contributed by atoms with Crippen LogP contribution >= 0.6 is 23.4 Å². The molecule has 0 saturated carbocycles. The molecule has 0 aliphatic carbocycles. The number of rotatable bonds is 1. The summed E-state index contributed by atoms with van der Waals surface area (Å²) in [5.74, 6) is 0.00312. The summed E-state index contributed by atoms with van der Waals surface area (Å²) in [4.78, 5) is 25.7. The van der Waals surface area contributed by atoms with E-state index >= 15 is 0 Å². The molecule has 2 aromatic carbocycles. The number of nitrogens with zero attached hydrogens (tertiary/aromatic N) is 1. The topological polar surface area (TPSA) is 49.4 Å². The lowest BCUT2D eigenvalue weighted by Gasteiger charge is -2.32. The molecule has 4 nitrogen and oxygen atoms in total. The van der Waals surface area contributed by atoms with Gasteiger partial charge in [0.15, 0.2) is 0 Å². The molecule has 1 saturated heterocycles. The van der Waals surface area contributed by atoms with Crippen molar-refractivity contribution in [3.8, 4) is 0 Å². The van der Waals surface area contributed by atoms with Crippen molar-refractivity contribution >= 4 is 46.6 Å². The first-order valence-corrected chi connectivity index (χ1v) is 8.13. The number of amides is 2. The number of carbonyl (C=O) groups excluding carboxylic acids is 2. The van der Waals surface area contributed by atoms with Crippen LogP contribution in [0.1, 0.15) is 5.56 Å². The first kappa shape index (κ1) is 13.7. The van der Waals surface area contributed by atoms with Gasteiger partial charge in [0.2, 0.25) is 10.8 Å². The van der Waals surface area contributed by atoms with Crippen molar-refractivity contribution in [1.82, 2.24) is 0 Å². The lowest BCUT2D eigenvalue weighted by Crippen LogP contribution is -2.47. The van der Waals surface area contributed by atoms with E-state index in [1.807, 2.05) is 24.3 Å². The highest BCUT2D eigenvalue weighted by atomic mass is 35.5. The Kier molecular flexibility index (Phi) is 2.96. The summed E-state index contributed by atoms with van der Waals surface area (Å²) < 4.78 is 0. The highest BCUT2D eigenvalue weighted by Gasteiger charge is 2.58. The number of para-hydroxylation sites is 1. The summed E-state index contributed by atoms with van der Waals surface area (Å²) in [6.07, 6.45) is 0. The number of benzene rings is 2. The number of hydrogen-bond acceptors (Lipinski definition) is 3. The molecule has 0 aromatic heterocycles. The Bertz CT molecular complexity index is 793. The Morgan fingerprint density at radius 2 is 1.82 bits per heavy atom. The number of thioether (sulfide) groups is 1. The summed E-state index contributed by atoms with van der Waals surface area (Å²) in [5.41, 5.74) is 2.26. The van der Waals surface area contributed by atoms with E-state index in [0.29, 0.717) is 10.7 Å². The molecule has 1 fully saturated rings. The van der Waals surface area contributed by atoms with Gasteiger partial charge in [-0.2, -0.15) is 0 Å². The highest BCUT2D eigenvalue weighted by molar-refractivity contribution is 8.02. The van der Waals surface area contributed by atoms with Crippen LogP contribution in [0.25, 0.3) is 0 Å². The average Bonchev–Trinajstić information content (AvgIpc) is 3.00. The zero-order chi connectivity index (χ0) is 15.3. The zero-order valence-corrected chi connectivity index (χ0v) is 12.9. The Hall–Kier alpha value is -1.98. The predicted molar refractivity (Wildman–Crippen MR) is 88.1 cm³/mol. The number of carbonyl (C=O) groups is 2. The fourth-order valence-electron chi connectivity index (χ4n) is 2.97. The molecule has 4 rings (SSSR count). The SMILES string of the molecule is O=C1CS[C@@]2(C(=O)Nc3ccccc32)N1c1ccc(Cl)cc1. The molecule has 110 valence electrons. The quantitative estimate of drug-likeness (QED) is 0.873. The van der Waals surface area contributed by atoms with Gasteiger partial charge in [-0.05, 0) is 30.3 Å². The van der Waals surface area contributed by atoms with Gasteiger partial charge in [0.1, 0.15) is 0 Å². The van der Waals surface area contributed by atoms with Gasteiger partial charge in [-0.1, -0.05) is 29.8 Å². The van der Waals surface area contributed by atoms with Crippen LogP contribution in [0.4, 0.5) is 11.4 Å². The molecule has 1 atom stereocenters. The molecule has 2 heterocycles. The van der Waals surface area contributed by atoms with Crippen LogP contribution in [-0.2, 0) is 14.5 Å². The van der Waals surface area contributed by atoms with E-state index in [1.165, 1.54) is 11.8 Å². The Morgan fingerprint density at radius 3 is 2.59 bits per heavy atom. The largest absolute Gasteiger partial charge is 0.323 e. The second-order valence-electron chi connectivity index (χ2n) is 5.14. The van der Waals surface area contributed by atoms with Crippen LogP contribution < -0.4 is 10.2 Å². The van der Waals surface area contributed by atoms with Crippen LogP contribution in [0, 0.1) is 0 Å². The minimum Gasteiger partial charge on any atom is -0.323 e. The number of halogens is 1. The summed E-state index contributed by atoms with van der Waals surface area (Å²) in [5, 5.41) is 3.47. The molecule has 0 bridgehead atoms. The zero-order valence-electron chi connectivity index (χ0n) is 11.4. The van der Waals surface area contributed by atoms with E-state index in [4.69, 9.17) is 11.6 Å².